The smallest absolute Gasteiger partial charge is 0.222 e. The summed E-state index contributed by atoms with van der Waals surface area (Å²) in [6.45, 7) is 3.41. The predicted octanol–water partition coefficient (Wildman–Crippen LogP) is 2.21. The van der Waals surface area contributed by atoms with Crippen LogP contribution in [-0.2, 0) is 4.79 Å². The normalized spacial score (nSPS) is 10.6. The van der Waals surface area contributed by atoms with E-state index in [0.29, 0.717) is 5.82 Å². The van der Waals surface area contributed by atoms with Gasteiger partial charge >= 0.3 is 0 Å². The zero-order valence-electron chi connectivity index (χ0n) is 8.41. The lowest BCUT2D eigenvalue weighted by atomic mass is 10.4. The van der Waals surface area contributed by atoms with Crippen LogP contribution in [0.4, 0.5) is 5.82 Å². The van der Waals surface area contributed by atoms with Crippen molar-refractivity contribution in [1.82, 2.24) is 9.38 Å². The molecule has 0 radical (unpaired) electrons. The molecule has 0 aromatic carbocycles. The second-order valence-corrected chi connectivity index (χ2v) is 4.55. The van der Waals surface area contributed by atoms with E-state index in [1.54, 1.807) is 0 Å². The van der Waals surface area contributed by atoms with E-state index < -0.39 is 0 Å². The molecule has 0 aliphatic rings. The van der Waals surface area contributed by atoms with Crippen molar-refractivity contribution in [2.75, 3.05) is 5.32 Å². The number of aryl methyl sites for hydroxylation is 1. The number of aromatic nitrogens is 2. The Morgan fingerprint density at radius 2 is 2.27 bits per heavy atom. The molecule has 1 amide bonds. The van der Waals surface area contributed by atoms with Gasteiger partial charge in [-0.15, -0.1) is 0 Å². The Balaban J connectivity index is 2.59. The molecule has 0 saturated carbocycles. The zero-order valence-corrected chi connectivity index (χ0v) is 10.6. The maximum atomic E-state index is 10.9. The van der Waals surface area contributed by atoms with Gasteiger partial charge in [-0.3, -0.25) is 4.79 Å². The quantitative estimate of drug-likeness (QED) is 0.820. The molecule has 2 aromatic heterocycles. The molecule has 0 atom stereocenters. The van der Waals surface area contributed by atoms with E-state index in [1.807, 2.05) is 29.7 Å². The Bertz CT molecular complexity index is 533. The fourth-order valence-electron chi connectivity index (χ4n) is 1.42. The van der Waals surface area contributed by atoms with Gasteiger partial charge in [0.1, 0.15) is 5.65 Å². The summed E-state index contributed by atoms with van der Waals surface area (Å²) in [5, 5.41) is 2.71. The van der Waals surface area contributed by atoms with E-state index in [0.717, 1.165) is 14.9 Å². The van der Waals surface area contributed by atoms with E-state index in [4.69, 9.17) is 0 Å². The fourth-order valence-corrected chi connectivity index (χ4v) is 1.88. The van der Waals surface area contributed by atoms with E-state index in [-0.39, 0.29) is 5.91 Å². The monoisotopic (exact) mass is 315 g/mol. The highest BCUT2D eigenvalue weighted by Gasteiger charge is 2.08. The van der Waals surface area contributed by atoms with Crippen molar-refractivity contribution in [2.45, 2.75) is 13.8 Å². The molecular weight excluding hydrogens is 305 g/mol. The Hall–Kier alpha value is -1.11. The standard InChI is InChI=1S/C10H10IN3O/c1-6-10(12-7(2)15)13-9-4-3-8(11)5-14(6)9/h3-5H,1-2H3,(H,12,15). The number of carbonyl (C=O) groups is 1. The average Bonchev–Trinajstić information content (AvgIpc) is 2.44. The van der Waals surface area contributed by atoms with Crippen LogP contribution in [0.25, 0.3) is 5.65 Å². The van der Waals surface area contributed by atoms with E-state index in [2.05, 4.69) is 32.9 Å². The lowest BCUT2D eigenvalue weighted by molar-refractivity contribution is -0.114. The largest absolute Gasteiger partial charge is 0.309 e. The SMILES string of the molecule is CC(=O)Nc1nc2ccc(I)cn2c1C. The van der Waals surface area contributed by atoms with Gasteiger partial charge in [0.25, 0.3) is 0 Å². The number of hydrogen-bond donors (Lipinski definition) is 1. The molecule has 5 heteroatoms. The maximum absolute atomic E-state index is 10.9. The Morgan fingerprint density at radius 3 is 2.93 bits per heavy atom. The van der Waals surface area contributed by atoms with Crippen LogP contribution < -0.4 is 5.32 Å². The molecule has 78 valence electrons. The summed E-state index contributed by atoms with van der Waals surface area (Å²) in [5.74, 6) is 0.528. The number of pyridine rings is 1. The molecule has 15 heavy (non-hydrogen) atoms. The Labute approximate surface area is 101 Å². The number of fused-ring (bicyclic) bond motifs is 1. The summed E-state index contributed by atoms with van der Waals surface area (Å²) in [6.07, 6.45) is 1.99. The number of nitrogens with one attached hydrogen (secondary N) is 1. The number of carbonyl (C=O) groups excluding carboxylic acids is 1. The first kappa shape index (κ1) is 10.4. The molecule has 0 bridgehead atoms. The third-order valence-electron chi connectivity index (χ3n) is 2.12. The minimum atomic E-state index is -0.101. The number of halogens is 1. The molecule has 0 saturated heterocycles. The molecule has 0 spiro atoms. The highest BCUT2D eigenvalue weighted by atomic mass is 127. The minimum absolute atomic E-state index is 0.101. The topological polar surface area (TPSA) is 46.4 Å². The van der Waals surface area contributed by atoms with Gasteiger partial charge in [0, 0.05) is 16.7 Å². The molecular formula is C10H10IN3O. The van der Waals surface area contributed by atoms with E-state index >= 15 is 0 Å². The van der Waals surface area contributed by atoms with Crippen molar-refractivity contribution in [3.63, 3.8) is 0 Å². The summed E-state index contributed by atoms with van der Waals surface area (Å²) in [4.78, 5) is 15.3. The first-order valence-electron chi connectivity index (χ1n) is 4.50. The second-order valence-electron chi connectivity index (χ2n) is 3.30. The van der Waals surface area contributed by atoms with Crippen LogP contribution in [0.1, 0.15) is 12.6 Å². The molecule has 0 fully saturated rings. The van der Waals surface area contributed by atoms with Gasteiger partial charge in [-0.25, -0.2) is 4.98 Å². The van der Waals surface area contributed by atoms with Crippen LogP contribution in [0.3, 0.4) is 0 Å². The molecule has 1 N–H and O–H groups in total. The number of nitrogens with zero attached hydrogens (tertiary/aromatic N) is 2. The molecule has 0 aliphatic heterocycles. The lowest BCUT2D eigenvalue weighted by Crippen LogP contribution is -2.07. The second kappa shape index (κ2) is 3.80. The third kappa shape index (κ3) is 1.97. The molecule has 2 heterocycles. The van der Waals surface area contributed by atoms with Crippen LogP contribution in [0.5, 0.6) is 0 Å². The van der Waals surface area contributed by atoms with Gasteiger partial charge in [0.15, 0.2) is 5.82 Å². The summed E-state index contributed by atoms with van der Waals surface area (Å²) in [5.41, 5.74) is 1.79. The molecule has 0 aliphatic carbocycles. The minimum Gasteiger partial charge on any atom is -0.309 e. The number of anilines is 1. The first-order valence-corrected chi connectivity index (χ1v) is 5.57. The van der Waals surface area contributed by atoms with Crippen molar-refractivity contribution in [1.29, 1.82) is 0 Å². The van der Waals surface area contributed by atoms with Crippen molar-refractivity contribution < 1.29 is 4.79 Å². The number of rotatable bonds is 1. The number of hydrogen-bond acceptors (Lipinski definition) is 2. The van der Waals surface area contributed by atoms with Crippen LogP contribution in [0, 0.1) is 10.5 Å². The van der Waals surface area contributed by atoms with Crippen molar-refractivity contribution in [3.05, 3.63) is 27.6 Å². The zero-order chi connectivity index (χ0) is 11.0. The van der Waals surface area contributed by atoms with Crippen molar-refractivity contribution >= 4 is 40.0 Å². The molecule has 2 aromatic rings. The third-order valence-corrected chi connectivity index (χ3v) is 2.75. The number of amides is 1. The van der Waals surface area contributed by atoms with Crippen molar-refractivity contribution in [2.24, 2.45) is 0 Å². The van der Waals surface area contributed by atoms with Gasteiger partial charge in [-0.1, -0.05) is 0 Å². The van der Waals surface area contributed by atoms with Gasteiger partial charge in [0.2, 0.25) is 5.91 Å². The fraction of sp³-hybridized carbons (Fsp3) is 0.200. The highest BCUT2D eigenvalue weighted by Crippen LogP contribution is 2.17. The Morgan fingerprint density at radius 1 is 1.53 bits per heavy atom. The van der Waals surface area contributed by atoms with Gasteiger partial charge < -0.3 is 9.72 Å². The summed E-state index contributed by atoms with van der Waals surface area (Å²) in [6, 6.07) is 3.92. The van der Waals surface area contributed by atoms with E-state index in [9.17, 15) is 4.79 Å². The number of imidazole rings is 1. The van der Waals surface area contributed by atoms with Crippen molar-refractivity contribution in [3.8, 4) is 0 Å². The van der Waals surface area contributed by atoms with Gasteiger partial charge in [0.05, 0.1) is 5.69 Å². The summed E-state index contributed by atoms with van der Waals surface area (Å²) < 4.78 is 3.10. The molecule has 0 unspecified atom stereocenters. The highest BCUT2D eigenvalue weighted by molar-refractivity contribution is 14.1. The molecule has 4 nitrogen and oxygen atoms in total. The first-order chi connectivity index (χ1) is 7.08. The lowest BCUT2D eigenvalue weighted by Gasteiger charge is -1.98. The predicted molar refractivity (Wildman–Crippen MR) is 66.9 cm³/mol. The Kier molecular flexibility index (Phi) is 2.64. The van der Waals surface area contributed by atoms with Gasteiger partial charge in [-0.2, -0.15) is 0 Å². The van der Waals surface area contributed by atoms with Crippen LogP contribution in [-0.4, -0.2) is 15.3 Å². The van der Waals surface area contributed by atoms with Crippen LogP contribution >= 0.6 is 22.6 Å². The summed E-state index contributed by atoms with van der Waals surface area (Å²) in [7, 11) is 0. The maximum Gasteiger partial charge on any atom is 0.222 e. The average molecular weight is 315 g/mol. The van der Waals surface area contributed by atoms with E-state index in [1.165, 1.54) is 6.92 Å². The van der Waals surface area contributed by atoms with Gasteiger partial charge in [-0.05, 0) is 41.6 Å². The summed E-state index contributed by atoms with van der Waals surface area (Å²) >= 11 is 2.24. The van der Waals surface area contributed by atoms with Crippen LogP contribution in [0.15, 0.2) is 18.3 Å². The van der Waals surface area contributed by atoms with Crippen LogP contribution in [0.2, 0.25) is 0 Å². The molecule has 2 rings (SSSR count).